The van der Waals surface area contributed by atoms with Gasteiger partial charge in [0.1, 0.15) is 5.82 Å². The highest BCUT2D eigenvalue weighted by atomic mass is 35.5. The molecule has 36 heavy (non-hydrogen) atoms. The minimum atomic E-state index is -0.291. The zero-order chi connectivity index (χ0) is 22.7. The van der Waals surface area contributed by atoms with Crippen LogP contribution >= 0.6 is 37.2 Å². The molecule has 1 fully saturated rings. The van der Waals surface area contributed by atoms with Gasteiger partial charge in [0.15, 0.2) is 0 Å². The molecule has 0 bridgehead atoms. The van der Waals surface area contributed by atoms with Gasteiger partial charge in [-0.2, -0.15) is 0 Å². The van der Waals surface area contributed by atoms with Crippen LogP contribution in [0.3, 0.4) is 0 Å². The van der Waals surface area contributed by atoms with Crippen molar-refractivity contribution in [3.63, 3.8) is 0 Å². The Bertz CT molecular complexity index is 1140. The summed E-state index contributed by atoms with van der Waals surface area (Å²) in [4.78, 5) is 11.2. The van der Waals surface area contributed by atoms with Crippen LogP contribution in [-0.2, 0) is 5.54 Å². The highest BCUT2D eigenvalue weighted by Crippen LogP contribution is 2.45. The van der Waals surface area contributed by atoms with Crippen molar-refractivity contribution >= 4 is 37.2 Å². The van der Waals surface area contributed by atoms with Gasteiger partial charge in [-0.3, -0.25) is 4.90 Å². The number of nitrogens with zero attached hydrogens (tertiary/aromatic N) is 2. The van der Waals surface area contributed by atoms with Crippen LogP contribution in [0.2, 0.25) is 0 Å². The molecule has 7 heteroatoms. The van der Waals surface area contributed by atoms with E-state index < -0.39 is 0 Å². The summed E-state index contributed by atoms with van der Waals surface area (Å²) in [6.07, 6.45) is 2.05. The Morgan fingerprint density at radius 3 is 1.83 bits per heavy atom. The number of aryl methyl sites for hydroxylation is 1. The predicted octanol–water partition coefficient (Wildman–Crippen LogP) is 6.60. The van der Waals surface area contributed by atoms with Gasteiger partial charge in [-0.05, 0) is 25.0 Å². The standard InChI is InChI=1S/C29H32N4.3ClH/c1-22-13-15-25(16-14-22)28-31-21-26(32-28)29(2,33-19-17-30-18-20-33)27(23-9-5-3-6-10-23)24-11-7-4-8-12-24;;;/h3-16,21,27,30H,17-20H2,1-2H3,(H,31,32);3*1H. The zero-order valence-corrected chi connectivity index (χ0v) is 23.1. The molecule has 0 aliphatic carbocycles. The molecule has 0 spiro atoms. The molecule has 192 valence electrons. The van der Waals surface area contributed by atoms with Crippen molar-refractivity contribution in [1.29, 1.82) is 0 Å². The number of halogens is 3. The molecule has 3 aromatic carbocycles. The third kappa shape index (κ3) is 5.96. The molecule has 0 radical (unpaired) electrons. The third-order valence-corrected chi connectivity index (χ3v) is 7.05. The third-order valence-electron chi connectivity index (χ3n) is 7.05. The van der Waals surface area contributed by atoms with Crippen molar-refractivity contribution in [3.8, 4) is 11.4 Å². The number of benzene rings is 3. The number of hydrogen-bond donors (Lipinski definition) is 2. The highest BCUT2D eigenvalue weighted by Gasteiger charge is 2.44. The van der Waals surface area contributed by atoms with E-state index in [1.54, 1.807) is 0 Å². The Morgan fingerprint density at radius 2 is 1.31 bits per heavy atom. The van der Waals surface area contributed by atoms with Crippen molar-refractivity contribution in [2.75, 3.05) is 26.2 Å². The van der Waals surface area contributed by atoms with Gasteiger partial charge in [0.2, 0.25) is 0 Å². The van der Waals surface area contributed by atoms with E-state index >= 15 is 0 Å². The van der Waals surface area contributed by atoms with Gasteiger partial charge >= 0.3 is 0 Å². The van der Waals surface area contributed by atoms with Crippen LogP contribution < -0.4 is 5.32 Å². The fraction of sp³-hybridized carbons (Fsp3) is 0.276. The lowest BCUT2D eigenvalue weighted by atomic mass is 9.73. The first kappa shape index (κ1) is 29.9. The molecule has 1 atom stereocenters. The van der Waals surface area contributed by atoms with Gasteiger partial charge in [-0.25, -0.2) is 4.98 Å². The number of imidazole rings is 1. The monoisotopic (exact) mass is 544 g/mol. The summed E-state index contributed by atoms with van der Waals surface area (Å²) in [6, 6.07) is 30.4. The van der Waals surface area contributed by atoms with E-state index in [1.165, 1.54) is 16.7 Å². The lowest BCUT2D eigenvalue weighted by Gasteiger charge is -2.48. The molecule has 1 aromatic heterocycles. The summed E-state index contributed by atoms with van der Waals surface area (Å²) < 4.78 is 0. The van der Waals surface area contributed by atoms with E-state index in [-0.39, 0.29) is 48.7 Å². The summed E-state index contributed by atoms with van der Waals surface area (Å²) in [5.74, 6) is 1.08. The highest BCUT2D eigenvalue weighted by molar-refractivity contribution is 5.86. The van der Waals surface area contributed by atoms with Crippen LogP contribution in [-0.4, -0.2) is 41.0 Å². The Hall–Kier alpha value is -2.34. The van der Waals surface area contributed by atoms with Crippen LogP contribution in [0.15, 0.2) is 91.1 Å². The van der Waals surface area contributed by atoms with Gasteiger partial charge in [-0.15, -0.1) is 37.2 Å². The molecule has 1 saturated heterocycles. The summed E-state index contributed by atoms with van der Waals surface area (Å²) in [7, 11) is 0. The fourth-order valence-corrected chi connectivity index (χ4v) is 5.21. The van der Waals surface area contributed by atoms with Crippen molar-refractivity contribution in [2.45, 2.75) is 25.3 Å². The maximum Gasteiger partial charge on any atom is 0.137 e. The van der Waals surface area contributed by atoms with Crippen molar-refractivity contribution in [3.05, 3.63) is 114 Å². The molecular weight excluding hydrogens is 511 g/mol. The average molecular weight is 546 g/mol. The molecule has 1 aliphatic rings. The summed E-state index contributed by atoms with van der Waals surface area (Å²) >= 11 is 0. The summed E-state index contributed by atoms with van der Waals surface area (Å²) in [5, 5.41) is 3.53. The molecule has 1 unspecified atom stereocenters. The van der Waals surface area contributed by atoms with Crippen LogP contribution in [0.4, 0.5) is 0 Å². The number of rotatable bonds is 6. The molecule has 4 nitrogen and oxygen atoms in total. The van der Waals surface area contributed by atoms with E-state index in [1.807, 2.05) is 0 Å². The minimum Gasteiger partial charge on any atom is -0.340 e. The fourth-order valence-electron chi connectivity index (χ4n) is 5.21. The average Bonchev–Trinajstić information content (AvgIpc) is 3.37. The maximum atomic E-state index is 4.85. The minimum absolute atomic E-state index is 0. The number of aromatic amines is 1. The van der Waals surface area contributed by atoms with Gasteiger partial charge < -0.3 is 10.3 Å². The number of aromatic nitrogens is 2. The van der Waals surface area contributed by atoms with E-state index in [2.05, 4.69) is 120 Å². The second-order valence-electron chi connectivity index (χ2n) is 9.15. The number of hydrogen-bond acceptors (Lipinski definition) is 3. The Labute approximate surface area is 233 Å². The number of nitrogens with one attached hydrogen (secondary N) is 2. The van der Waals surface area contributed by atoms with Crippen molar-refractivity contribution < 1.29 is 0 Å². The smallest absolute Gasteiger partial charge is 0.137 e. The number of piperazine rings is 1. The topological polar surface area (TPSA) is 44.0 Å². The molecule has 2 N–H and O–H groups in total. The molecule has 5 rings (SSSR count). The summed E-state index contributed by atoms with van der Waals surface area (Å²) in [5.41, 5.74) is 5.86. The Kier molecular flexibility index (Phi) is 11.0. The van der Waals surface area contributed by atoms with Crippen molar-refractivity contribution in [1.82, 2.24) is 20.2 Å². The van der Waals surface area contributed by atoms with Crippen molar-refractivity contribution in [2.24, 2.45) is 0 Å². The van der Waals surface area contributed by atoms with E-state index in [0.29, 0.717) is 0 Å². The van der Waals surface area contributed by atoms with Crippen LogP contribution in [0.5, 0.6) is 0 Å². The maximum absolute atomic E-state index is 4.85. The van der Waals surface area contributed by atoms with Gasteiger partial charge in [-0.1, -0.05) is 90.5 Å². The normalized spacial score (nSPS) is 15.2. The van der Waals surface area contributed by atoms with E-state index in [0.717, 1.165) is 43.3 Å². The molecule has 0 amide bonds. The van der Waals surface area contributed by atoms with Gasteiger partial charge in [0, 0.05) is 37.7 Å². The first-order chi connectivity index (χ1) is 16.2. The quantitative estimate of drug-likeness (QED) is 0.287. The largest absolute Gasteiger partial charge is 0.340 e. The van der Waals surface area contributed by atoms with Crippen LogP contribution in [0.25, 0.3) is 11.4 Å². The Balaban J connectivity index is 0.00000152. The van der Waals surface area contributed by atoms with Crippen LogP contribution in [0.1, 0.15) is 35.2 Å². The second kappa shape index (κ2) is 13.3. The molecular formula is C29H35Cl3N4. The first-order valence-electron chi connectivity index (χ1n) is 11.8. The van der Waals surface area contributed by atoms with Gasteiger partial charge in [0.05, 0.1) is 17.4 Å². The van der Waals surface area contributed by atoms with E-state index in [9.17, 15) is 0 Å². The van der Waals surface area contributed by atoms with Crippen LogP contribution in [0, 0.1) is 6.92 Å². The predicted molar refractivity (Wildman–Crippen MR) is 157 cm³/mol. The molecule has 4 aromatic rings. The Morgan fingerprint density at radius 1 is 0.778 bits per heavy atom. The molecule has 2 heterocycles. The lowest BCUT2D eigenvalue weighted by molar-refractivity contribution is 0.0679. The molecule has 1 aliphatic heterocycles. The SMILES string of the molecule is Cc1ccc(-c2ncc(C(C)(C(c3ccccc3)c3ccccc3)N3CCNCC3)[nH]2)cc1.Cl.Cl.Cl. The lowest BCUT2D eigenvalue weighted by Crippen LogP contribution is -2.56. The second-order valence-corrected chi connectivity index (χ2v) is 9.15. The van der Waals surface area contributed by atoms with E-state index in [4.69, 9.17) is 4.98 Å². The van der Waals surface area contributed by atoms with Gasteiger partial charge in [0.25, 0.3) is 0 Å². The summed E-state index contributed by atoms with van der Waals surface area (Å²) in [6.45, 7) is 8.46. The zero-order valence-electron chi connectivity index (χ0n) is 20.7. The molecule has 0 saturated carbocycles. The number of H-pyrrole nitrogens is 1. The first-order valence-corrected chi connectivity index (χ1v) is 11.8.